The highest BCUT2D eigenvalue weighted by Crippen LogP contribution is 2.47. The second kappa shape index (κ2) is 14.9. The number of fused-ring (bicyclic) bond motifs is 8. The molecule has 0 amide bonds. The Balaban J connectivity index is 0.988. The highest BCUT2D eigenvalue weighted by molar-refractivity contribution is 6.09. The minimum atomic E-state index is 0.294. The van der Waals surface area contributed by atoms with Gasteiger partial charge in [0.15, 0.2) is 5.82 Å². The van der Waals surface area contributed by atoms with Gasteiger partial charge in [-0.15, -0.1) is 0 Å². The second-order valence-corrected chi connectivity index (χ2v) is 16.2. The number of pyridine rings is 1. The minimum Gasteiger partial charge on any atom is -0.309 e. The van der Waals surface area contributed by atoms with Crippen LogP contribution < -0.4 is 0 Å². The molecule has 0 fully saturated rings. The van der Waals surface area contributed by atoms with E-state index in [0.717, 1.165) is 63.4 Å². The first-order valence-electron chi connectivity index (χ1n) is 21.5. The molecule has 0 aliphatic heterocycles. The average molecular weight is 793 g/mol. The summed E-state index contributed by atoms with van der Waals surface area (Å²) in [6.45, 7) is 0. The Morgan fingerprint density at radius 2 is 1.02 bits per heavy atom. The van der Waals surface area contributed by atoms with Crippen molar-refractivity contribution in [2.75, 3.05) is 0 Å². The van der Waals surface area contributed by atoms with Gasteiger partial charge in [-0.3, -0.25) is 0 Å². The zero-order valence-electron chi connectivity index (χ0n) is 34.0. The molecule has 12 rings (SSSR count). The third-order valence-electron chi connectivity index (χ3n) is 12.7. The highest BCUT2D eigenvalue weighted by atomic mass is 15.0. The SMILES string of the molecule is c1ccc(-c2cc(-c3ccc(-c4nc5ccccc5c5c4-c4ccccc4C(c4ccccc4)CC5)cc3)nc(-c3cccc(-n4c5ccccc5c5ccccc54)c3)n2)cc1. The van der Waals surface area contributed by atoms with Gasteiger partial charge in [0.2, 0.25) is 0 Å². The van der Waals surface area contributed by atoms with Crippen LogP contribution in [0.5, 0.6) is 0 Å². The molecule has 8 aromatic carbocycles. The Hall–Kier alpha value is -7.95. The fourth-order valence-corrected chi connectivity index (χ4v) is 9.81. The van der Waals surface area contributed by atoms with Crippen LogP contribution in [0.1, 0.15) is 29.0 Å². The molecule has 0 saturated carbocycles. The van der Waals surface area contributed by atoms with E-state index >= 15 is 0 Å². The first-order chi connectivity index (χ1) is 30.7. The smallest absolute Gasteiger partial charge is 0.160 e. The van der Waals surface area contributed by atoms with E-state index in [-0.39, 0.29) is 0 Å². The van der Waals surface area contributed by atoms with Gasteiger partial charge in [-0.25, -0.2) is 15.0 Å². The minimum absolute atomic E-state index is 0.294. The number of para-hydroxylation sites is 3. The number of hydrogen-bond acceptors (Lipinski definition) is 3. The van der Waals surface area contributed by atoms with Crippen molar-refractivity contribution in [2.45, 2.75) is 18.8 Å². The van der Waals surface area contributed by atoms with E-state index in [2.05, 4.69) is 211 Å². The van der Waals surface area contributed by atoms with Crippen molar-refractivity contribution in [1.82, 2.24) is 19.5 Å². The molecule has 62 heavy (non-hydrogen) atoms. The van der Waals surface area contributed by atoms with Gasteiger partial charge in [-0.1, -0.05) is 176 Å². The van der Waals surface area contributed by atoms with Crippen molar-refractivity contribution in [3.8, 4) is 62.0 Å². The molecule has 4 heteroatoms. The van der Waals surface area contributed by atoms with Gasteiger partial charge < -0.3 is 4.57 Å². The molecule has 1 aliphatic rings. The predicted octanol–water partition coefficient (Wildman–Crippen LogP) is 14.5. The molecule has 0 bridgehead atoms. The number of hydrogen-bond donors (Lipinski definition) is 0. The molecular weight excluding hydrogens is 753 g/mol. The predicted molar refractivity (Wildman–Crippen MR) is 255 cm³/mol. The third kappa shape index (κ3) is 6.11. The van der Waals surface area contributed by atoms with E-state index in [1.54, 1.807) is 0 Å². The zero-order chi connectivity index (χ0) is 41.0. The Kier molecular flexibility index (Phi) is 8.67. The highest BCUT2D eigenvalue weighted by Gasteiger charge is 2.28. The normalized spacial score (nSPS) is 13.5. The Labute approximate surface area is 360 Å². The number of aryl methyl sites for hydroxylation is 1. The molecule has 0 N–H and O–H groups in total. The lowest BCUT2D eigenvalue weighted by molar-refractivity contribution is 0.728. The average Bonchev–Trinajstić information content (AvgIpc) is 3.58. The van der Waals surface area contributed by atoms with E-state index in [4.69, 9.17) is 15.0 Å². The molecule has 1 atom stereocenters. The van der Waals surface area contributed by atoms with Crippen LogP contribution in [-0.2, 0) is 6.42 Å². The van der Waals surface area contributed by atoms with Gasteiger partial charge in [0, 0.05) is 55.6 Å². The van der Waals surface area contributed by atoms with Crippen LogP contribution in [0.4, 0.5) is 0 Å². The second-order valence-electron chi connectivity index (χ2n) is 16.2. The standard InChI is InChI=1S/C58H40N4/c1-3-16-38(17-4-1)44-34-35-50-46-23-9-12-27-51(46)59-57(56(50)49-26-8-7-22-45(44)49)41-32-30-40(31-33-41)53-37-52(39-18-5-2-6-19-39)60-58(61-53)42-20-15-21-43(36-42)62-54-28-13-10-24-47(54)48-25-11-14-29-55(48)62/h1-33,36-37,44H,34-35H2. The van der Waals surface area contributed by atoms with Crippen molar-refractivity contribution in [3.05, 3.63) is 229 Å². The van der Waals surface area contributed by atoms with E-state index in [9.17, 15) is 0 Å². The van der Waals surface area contributed by atoms with Crippen molar-refractivity contribution < 1.29 is 0 Å². The maximum Gasteiger partial charge on any atom is 0.160 e. The quantitative estimate of drug-likeness (QED) is 0.168. The number of nitrogens with zero attached hydrogens (tertiary/aromatic N) is 4. The maximum absolute atomic E-state index is 5.45. The third-order valence-corrected chi connectivity index (χ3v) is 12.7. The van der Waals surface area contributed by atoms with Gasteiger partial charge >= 0.3 is 0 Å². The summed E-state index contributed by atoms with van der Waals surface area (Å²) in [5.41, 5.74) is 17.9. The van der Waals surface area contributed by atoms with Gasteiger partial charge in [0.05, 0.1) is 33.6 Å². The van der Waals surface area contributed by atoms with Crippen molar-refractivity contribution in [2.24, 2.45) is 0 Å². The lowest BCUT2D eigenvalue weighted by Gasteiger charge is -2.19. The summed E-state index contributed by atoms with van der Waals surface area (Å²) in [5.74, 6) is 0.973. The lowest BCUT2D eigenvalue weighted by Crippen LogP contribution is -2.01. The largest absolute Gasteiger partial charge is 0.309 e. The fourth-order valence-electron chi connectivity index (χ4n) is 9.81. The van der Waals surface area contributed by atoms with Gasteiger partial charge in [-0.2, -0.15) is 0 Å². The Morgan fingerprint density at radius 3 is 1.76 bits per heavy atom. The summed E-state index contributed by atoms with van der Waals surface area (Å²) < 4.78 is 2.34. The van der Waals surface area contributed by atoms with Crippen LogP contribution in [-0.4, -0.2) is 19.5 Å². The topological polar surface area (TPSA) is 43.6 Å². The zero-order valence-corrected chi connectivity index (χ0v) is 34.0. The van der Waals surface area contributed by atoms with E-state index < -0.39 is 0 Å². The summed E-state index contributed by atoms with van der Waals surface area (Å²) >= 11 is 0. The summed E-state index contributed by atoms with van der Waals surface area (Å²) in [7, 11) is 0. The number of benzene rings is 8. The molecule has 11 aromatic rings. The van der Waals surface area contributed by atoms with Crippen molar-refractivity contribution in [1.29, 1.82) is 0 Å². The molecule has 3 aromatic heterocycles. The van der Waals surface area contributed by atoms with Crippen molar-refractivity contribution >= 4 is 32.7 Å². The Bertz CT molecular complexity index is 3410. The molecular formula is C58H40N4. The fraction of sp³-hybridized carbons (Fsp3) is 0.0517. The molecule has 0 radical (unpaired) electrons. The van der Waals surface area contributed by atoms with Gasteiger partial charge in [0.25, 0.3) is 0 Å². The van der Waals surface area contributed by atoms with Crippen LogP contribution in [0.15, 0.2) is 212 Å². The molecule has 0 saturated heterocycles. The van der Waals surface area contributed by atoms with E-state index in [1.165, 1.54) is 55.0 Å². The van der Waals surface area contributed by atoms with Crippen molar-refractivity contribution in [3.63, 3.8) is 0 Å². The molecule has 4 nitrogen and oxygen atoms in total. The summed E-state index contributed by atoms with van der Waals surface area (Å²) in [5, 5.41) is 3.70. The number of rotatable bonds is 6. The molecule has 292 valence electrons. The van der Waals surface area contributed by atoms with Crippen LogP contribution in [0.3, 0.4) is 0 Å². The maximum atomic E-state index is 5.45. The first-order valence-corrected chi connectivity index (χ1v) is 21.5. The van der Waals surface area contributed by atoms with E-state index in [1.807, 2.05) is 6.07 Å². The van der Waals surface area contributed by atoms with E-state index in [0.29, 0.717) is 11.7 Å². The summed E-state index contributed by atoms with van der Waals surface area (Å²) in [6, 6.07) is 75.8. The molecule has 0 spiro atoms. The molecule has 1 aliphatic carbocycles. The molecule has 1 unspecified atom stereocenters. The van der Waals surface area contributed by atoms with Gasteiger partial charge in [-0.05, 0) is 71.5 Å². The lowest BCUT2D eigenvalue weighted by atomic mass is 9.85. The van der Waals surface area contributed by atoms with Gasteiger partial charge in [0.1, 0.15) is 0 Å². The number of aromatic nitrogens is 4. The summed E-state index contributed by atoms with van der Waals surface area (Å²) in [4.78, 5) is 16.0. The van der Waals surface area contributed by atoms with Crippen LogP contribution in [0.25, 0.3) is 94.7 Å². The van der Waals surface area contributed by atoms with Crippen LogP contribution in [0.2, 0.25) is 0 Å². The van der Waals surface area contributed by atoms with Crippen LogP contribution in [0, 0.1) is 0 Å². The Morgan fingerprint density at radius 1 is 0.435 bits per heavy atom. The monoisotopic (exact) mass is 792 g/mol. The van der Waals surface area contributed by atoms with Crippen LogP contribution >= 0.6 is 0 Å². The summed E-state index contributed by atoms with van der Waals surface area (Å²) in [6.07, 6.45) is 1.99. The molecule has 3 heterocycles. The first kappa shape index (κ1) is 35.9.